The molecule has 80 valence electrons. The molecule has 14 heavy (non-hydrogen) atoms. The summed E-state index contributed by atoms with van der Waals surface area (Å²) in [6.45, 7) is 0. The Labute approximate surface area is 79.9 Å². The lowest BCUT2D eigenvalue weighted by Gasteiger charge is -2.45. The summed E-state index contributed by atoms with van der Waals surface area (Å²) in [6.07, 6.45) is -4.92. The molecule has 0 spiro atoms. The van der Waals surface area contributed by atoms with E-state index in [0.717, 1.165) is 0 Å². The molecule has 0 saturated heterocycles. The second-order valence-corrected chi connectivity index (χ2v) is 3.64. The summed E-state index contributed by atoms with van der Waals surface area (Å²) in [4.78, 5) is 3.76. The maximum atomic E-state index is 9.61. The maximum absolute atomic E-state index is 9.61. The molecule has 0 aromatic carbocycles. The van der Waals surface area contributed by atoms with E-state index in [0.29, 0.717) is 0 Å². The monoisotopic (exact) mass is 203 g/mol. The van der Waals surface area contributed by atoms with Crippen molar-refractivity contribution >= 4 is 5.96 Å². The first-order valence-electron chi connectivity index (χ1n) is 4.34. The Bertz CT molecular complexity index is 272. The van der Waals surface area contributed by atoms with E-state index >= 15 is 0 Å². The maximum Gasteiger partial charge on any atom is 0.189 e. The van der Waals surface area contributed by atoms with E-state index in [1.165, 1.54) is 0 Å². The highest BCUT2D eigenvalue weighted by atomic mass is 16.4. The number of guanidine groups is 1. The third-order valence-corrected chi connectivity index (χ3v) is 2.74. The average molecular weight is 203 g/mol. The quantitative estimate of drug-likeness (QED) is 0.238. The third kappa shape index (κ3) is 1.17. The zero-order valence-electron chi connectivity index (χ0n) is 7.28. The normalized spacial score (nSPS) is 52.1. The SMILES string of the molecule is NC1=N[C@H]2[C@H](O)[C@@H](O)[C@H](O)[C@@H](N1)[C@@H]2O. The van der Waals surface area contributed by atoms with Gasteiger partial charge in [-0.25, -0.2) is 4.99 Å². The lowest BCUT2D eigenvalue weighted by atomic mass is 9.81. The van der Waals surface area contributed by atoms with Gasteiger partial charge in [-0.2, -0.15) is 0 Å². The van der Waals surface area contributed by atoms with Gasteiger partial charge in [0.1, 0.15) is 30.5 Å². The number of nitrogens with one attached hydrogen (secondary N) is 1. The highest BCUT2D eigenvalue weighted by molar-refractivity contribution is 5.79. The first-order valence-corrected chi connectivity index (χ1v) is 4.34. The Morgan fingerprint density at radius 2 is 1.64 bits per heavy atom. The number of rotatable bonds is 0. The molecule has 2 aliphatic rings. The number of nitrogens with zero attached hydrogens (tertiary/aromatic N) is 1. The number of aliphatic hydroxyl groups excluding tert-OH is 4. The molecule has 1 saturated carbocycles. The average Bonchev–Trinajstić information content (AvgIpc) is 2.16. The van der Waals surface area contributed by atoms with Crippen LogP contribution in [0.15, 0.2) is 4.99 Å². The Morgan fingerprint density at radius 1 is 1.00 bits per heavy atom. The minimum Gasteiger partial charge on any atom is -0.389 e. The fourth-order valence-electron chi connectivity index (χ4n) is 1.93. The van der Waals surface area contributed by atoms with Crippen LogP contribution in [0.2, 0.25) is 0 Å². The predicted molar refractivity (Wildman–Crippen MR) is 46.4 cm³/mol. The Kier molecular flexibility index (Phi) is 2.11. The number of aliphatic hydroxyl groups is 4. The highest BCUT2D eigenvalue weighted by Crippen LogP contribution is 2.25. The zero-order valence-corrected chi connectivity index (χ0v) is 7.28. The molecule has 1 heterocycles. The molecule has 7 N–H and O–H groups in total. The van der Waals surface area contributed by atoms with Gasteiger partial charge in [0.25, 0.3) is 0 Å². The van der Waals surface area contributed by atoms with Crippen molar-refractivity contribution < 1.29 is 20.4 Å². The van der Waals surface area contributed by atoms with E-state index in [-0.39, 0.29) is 5.96 Å². The van der Waals surface area contributed by atoms with Crippen LogP contribution in [-0.4, -0.2) is 62.9 Å². The molecule has 6 atom stereocenters. The van der Waals surface area contributed by atoms with Gasteiger partial charge in [-0.15, -0.1) is 0 Å². The number of hydrogen-bond acceptors (Lipinski definition) is 7. The van der Waals surface area contributed by atoms with Crippen molar-refractivity contribution in [2.75, 3.05) is 0 Å². The minimum absolute atomic E-state index is 0.0512. The topological polar surface area (TPSA) is 131 Å². The van der Waals surface area contributed by atoms with Crippen LogP contribution in [0, 0.1) is 0 Å². The Hall–Kier alpha value is -0.890. The van der Waals surface area contributed by atoms with Crippen molar-refractivity contribution in [1.82, 2.24) is 5.32 Å². The summed E-state index contributed by atoms with van der Waals surface area (Å²) in [7, 11) is 0. The lowest BCUT2D eigenvalue weighted by molar-refractivity contribution is -0.144. The number of fused-ring (bicyclic) bond motifs is 2. The number of nitrogens with two attached hydrogens (primary N) is 1. The molecule has 1 fully saturated rings. The van der Waals surface area contributed by atoms with Crippen molar-refractivity contribution in [3.05, 3.63) is 0 Å². The van der Waals surface area contributed by atoms with Gasteiger partial charge in [0, 0.05) is 0 Å². The van der Waals surface area contributed by atoms with Crippen molar-refractivity contribution in [2.24, 2.45) is 10.7 Å². The van der Waals surface area contributed by atoms with Gasteiger partial charge in [-0.05, 0) is 0 Å². The van der Waals surface area contributed by atoms with Crippen LogP contribution in [0.1, 0.15) is 0 Å². The molecule has 1 aliphatic heterocycles. The summed E-state index contributed by atoms with van der Waals surface area (Å²) in [5.74, 6) is 0.0512. The van der Waals surface area contributed by atoms with Gasteiger partial charge in [-0.3, -0.25) is 0 Å². The van der Waals surface area contributed by atoms with Crippen molar-refractivity contribution in [1.29, 1.82) is 0 Å². The first-order chi connectivity index (χ1) is 6.52. The molecule has 7 nitrogen and oxygen atoms in total. The molecule has 0 amide bonds. The third-order valence-electron chi connectivity index (χ3n) is 2.74. The Morgan fingerprint density at radius 3 is 2.29 bits per heavy atom. The molecular formula is C7H13N3O4. The molecule has 0 unspecified atom stereocenters. The van der Waals surface area contributed by atoms with Crippen LogP contribution < -0.4 is 11.1 Å². The second kappa shape index (κ2) is 3.06. The van der Waals surface area contributed by atoms with Crippen molar-refractivity contribution in [3.8, 4) is 0 Å². The smallest absolute Gasteiger partial charge is 0.189 e. The van der Waals surface area contributed by atoms with Crippen LogP contribution in [0.4, 0.5) is 0 Å². The van der Waals surface area contributed by atoms with Gasteiger partial charge in [-0.1, -0.05) is 0 Å². The van der Waals surface area contributed by atoms with E-state index in [2.05, 4.69) is 10.3 Å². The van der Waals surface area contributed by atoms with E-state index in [4.69, 9.17) is 5.73 Å². The molecule has 2 rings (SSSR count). The molecule has 2 bridgehead atoms. The molecule has 1 aliphatic carbocycles. The summed E-state index contributed by atoms with van der Waals surface area (Å²) >= 11 is 0. The lowest BCUT2D eigenvalue weighted by Crippen LogP contribution is -2.71. The van der Waals surface area contributed by atoms with Crippen LogP contribution in [0.25, 0.3) is 0 Å². The predicted octanol–water partition coefficient (Wildman–Crippen LogP) is -3.90. The van der Waals surface area contributed by atoms with Gasteiger partial charge in [0.15, 0.2) is 5.96 Å². The molecule has 7 heteroatoms. The van der Waals surface area contributed by atoms with Crippen molar-refractivity contribution in [3.63, 3.8) is 0 Å². The first kappa shape index (κ1) is 9.66. The summed E-state index contributed by atoms with van der Waals surface area (Å²) in [5, 5.41) is 40.6. The number of hydrogen-bond donors (Lipinski definition) is 6. The van der Waals surface area contributed by atoms with Gasteiger partial charge < -0.3 is 31.5 Å². The summed E-state index contributed by atoms with van der Waals surface area (Å²) < 4.78 is 0. The second-order valence-electron chi connectivity index (χ2n) is 3.64. The van der Waals surface area contributed by atoms with E-state index in [1.54, 1.807) is 0 Å². The van der Waals surface area contributed by atoms with Gasteiger partial charge >= 0.3 is 0 Å². The van der Waals surface area contributed by atoms with E-state index in [1.807, 2.05) is 0 Å². The van der Waals surface area contributed by atoms with E-state index < -0.39 is 36.5 Å². The minimum atomic E-state index is -1.32. The molecular weight excluding hydrogens is 190 g/mol. The molecule has 0 aromatic rings. The van der Waals surface area contributed by atoms with Crippen LogP contribution >= 0.6 is 0 Å². The standard InChI is InChI=1S/C7H13N3O4/c8-7-9-1-3(11)2(10-7)5(13)6(14)4(1)12/h1-6,11-14H,(H3,8,9,10)/t1-,2+,3-,4+,5-,6-. The molecule has 0 radical (unpaired) electrons. The van der Waals surface area contributed by atoms with E-state index in [9.17, 15) is 20.4 Å². The van der Waals surface area contributed by atoms with Gasteiger partial charge in [0.05, 0.1) is 6.04 Å². The van der Waals surface area contributed by atoms with Crippen molar-refractivity contribution in [2.45, 2.75) is 36.5 Å². The summed E-state index contributed by atoms with van der Waals surface area (Å²) in [6, 6.07) is -1.66. The zero-order chi connectivity index (χ0) is 10.5. The Balaban J connectivity index is 2.34. The van der Waals surface area contributed by atoms with Crippen LogP contribution in [0.5, 0.6) is 0 Å². The summed E-state index contributed by atoms with van der Waals surface area (Å²) in [5.41, 5.74) is 5.38. The fourth-order valence-corrected chi connectivity index (χ4v) is 1.93. The number of aliphatic imine (C=N–C) groups is 1. The molecule has 0 aromatic heterocycles. The van der Waals surface area contributed by atoms with Crippen LogP contribution in [-0.2, 0) is 0 Å². The highest BCUT2D eigenvalue weighted by Gasteiger charge is 2.51. The largest absolute Gasteiger partial charge is 0.389 e. The fraction of sp³-hybridized carbons (Fsp3) is 0.857. The van der Waals surface area contributed by atoms with Crippen LogP contribution in [0.3, 0.4) is 0 Å². The van der Waals surface area contributed by atoms with Gasteiger partial charge in [0.2, 0.25) is 0 Å².